The van der Waals surface area contributed by atoms with Crippen molar-refractivity contribution in [1.29, 1.82) is 0 Å². The van der Waals surface area contributed by atoms with Crippen LogP contribution < -0.4 is 14.2 Å². The third-order valence-corrected chi connectivity index (χ3v) is 10.2. The number of nitrogens with zero attached hydrogens (tertiary/aromatic N) is 2. The Hall–Kier alpha value is -4.36. The van der Waals surface area contributed by atoms with Crippen LogP contribution >= 0.6 is 0 Å². The van der Waals surface area contributed by atoms with Gasteiger partial charge in [0.2, 0.25) is 5.75 Å². The van der Waals surface area contributed by atoms with Gasteiger partial charge in [-0.2, -0.15) is 0 Å². The number of benzene rings is 3. The number of morpholine rings is 1. The van der Waals surface area contributed by atoms with E-state index in [4.69, 9.17) is 23.9 Å². The van der Waals surface area contributed by atoms with Crippen molar-refractivity contribution >= 4 is 28.5 Å². The van der Waals surface area contributed by atoms with Crippen LogP contribution in [-0.2, 0) is 11.2 Å². The molecule has 6 rings (SSSR count). The number of fused-ring (bicyclic) bond motifs is 2. The summed E-state index contributed by atoms with van der Waals surface area (Å²) in [6.45, 7) is 14.1. The monoisotopic (exact) mass is 648 g/mol. The SMILES string of the molecule is COc1cc(/C=C2/CC(C(C)(C)C)Cc3c2nc2ccccc2c3C(=O)N2CC(c3cc(C)ccc3C)OCC2C)cc(OC)c1OC. The maximum absolute atomic E-state index is 15.1. The lowest BCUT2D eigenvalue weighted by Gasteiger charge is -2.40. The van der Waals surface area contributed by atoms with E-state index in [0.717, 1.165) is 57.3 Å². The zero-order chi connectivity index (χ0) is 34.3. The number of pyridine rings is 1. The second kappa shape index (κ2) is 13.3. The third kappa shape index (κ3) is 6.28. The number of carbonyl (C=O) groups is 1. The first-order valence-corrected chi connectivity index (χ1v) is 16.9. The van der Waals surface area contributed by atoms with E-state index in [1.807, 2.05) is 41.3 Å². The molecule has 1 saturated heterocycles. The topological polar surface area (TPSA) is 70.1 Å². The summed E-state index contributed by atoms with van der Waals surface area (Å²) in [5.41, 5.74) is 8.99. The van der Waals surface area contributed by atoms with Gasteiger partial charge in [0.25, 0.3) is 5.91 Å². The minimum absolute atomic E-state index is 0.00191. The van der Waals surface area contributed by atoms with Crippen molar-refractivity contribution in [2.75, 3.05) is 34.5 Å². The normalized spacial score (nSPS) is 20.5. The van der Waals surface area contributed by atoms with Crippen LogP contribution in [0.15, 0.2) is 54.6 Å². The van der Waals surface area contributed by atoms with Crippen LogP contribution in [-0.4, -0.2) is 56.3 Å². The molecule has 0 radical (unpaired) electrons. The largest absolute Gasteiger partial charge is 0.493 e. The average Bonchev–Trinajstić information content (AvgIpc) is 3.07. The van der Waals surface area contributed by atoms with Crippen molar-refractivity contribution in [3.8, 4) is 17.2 Å². The van der Waals surface area contributed by atoms with Crippen LogP contribution in [0.2, 0.25) is 0 Å². The molecule has 1 amide bonds. The van der Waals surface area contributed by atoms with Gasteiger partial charge in [-0.1, -0.05) is 62.7 Å². The van der Waals surface area contributed by atoms with Crippen LogP contribution in [0.25, 0.3) is 22.6 Å². The Labute approximate surface area is 284 Å². The number of amides is 1. The Morgan fingerprint density at radius 2 is 1.67 bits per heavy atom. The molecule has 48 heavy (non-hydrogen) atoms. The number of hydrogen-bond donors (Lipinski definition) is 0. The molecule has 1 aromatic heterocycles. The van der Waals surface area contributed by atoms with Gasteiger partial charge in [-0.3, -0.25) is 4.79 Å². The summed E-state index contributed by atoms with van der Waals surface area (Å²) in [6.07, 6.45) is 3.58. The minimum Gasteiger partial charge on any atom is -0.493 e. The van der Waals surface area contributed by atoms with Gasteiger partial charge >= 0.3 is 0 Å². The van der Waals surface area contributed by atoms with Crippen LogP contribution in [0.3, 0.4) is 0 Å². The molecule has 3 aromatic carbocycles. The summed E-state index contributed by atoms with van der Waals surface area (Å²) in [7, 11) is 4.86. The second-order valence-electron chi connectivity index (χ2n) is 14.4. The quantitative estimate of drug-likeness (QED) is 0.209. The number of ether oxygens (including phenoxy) is 4. The summed E-state index contributed by atoms with van der Waals surface area (Å²) < 4.78 is 23.3. The molecule has 2 heterocycles. The zero-order valence-electron chi connectivity index (χ0n) is 29.8. The van der Waals surface area contributed by atoms with Crippen LogP contribution in [0, 0.1) is 25.2 Å². The molecule has 1 aliphatic heterocycles. The van der Waals surface area contributed by atoms with Gasteiger partial charge in [-0.05, 0) is 97.0 Å². The van der Waals surface area contributed by atoms with Gasteiger partial charge in [-0.15, -0.1) is 0 Å². The molecule has 1 aliphatic carbocycles. The fraction of sp³-hybridized carbons (Fsp3) is 0.415. The molecule has 252 valence electrons. The first-order chi connectivity index (χ1) is 22.9. The van der Waals surface area contributed by atoms with Gasteiger partial charge in [-0.25, -0.2) is 4.98 Å². The van der Waals surface area contributed by atoms with E-state index >= 15 is 4.79 Å². The molecular weight excluding hydrogens is 600 g/mol. The number of aromatic nitrogens is 1. The summed E-state index contributed by atoms with van der Waals surface area (Å²) in [4.78, 5) is 22.4. The molecule has 3 atom stereocenters. The van der Waals surface area contributed by atoms with Crippen LogP contribution in [0.4, 0.5) is 0 Å². The van der Waals surface area contributed by atoms with Crippen molar-refractivity contribution in [3.63, 3.8) is 0 Å². The molecule has 7 heteroatoms. The highest BCUT2D eigenvalue weighted by atomic mass is 16.5. The molecular formula is C41H48N2O5. The summed E-state index contributed by atoms with van der Waals surface area (Å²) >= 11 is 0. The fourth-order valence-electron chi connectivity index (χ4n) is 7.24. The number of methoxy groups -OCH3 is 3. The van der Waals surface area contributed by atoms with Gasteiger partial charge in [0.1, 0.15) is 6.10 Å². The summed E-state index contributed by atoms with van der Waals surface area (Å²) in [5, 5.41) is 0.893. The Morgan fingerprint density at radius 3 is 2.33 bits per heavy atom. The number of para-hydroxylation sites is 1. The summed E-state index contributed by atoms with van der Waals surface area (Å²) in [5.74, 6) is 2.06. The number of carbonyl (C=O) groups excluding carboxylic acids is 1. The maximum Gasteiger partial charge on any atom is 0.255 e. The number of rotatable bonds is 6. The molecule has 7 nitrogen and oxygen atoms in total. The zero-order valence-corrected chi connectivity index (χ0v) is 29.8. The Morgan fingerprint density at radius 1 is 0.958 bits per heavy atom. The Bertz CT molecular complexity index is 1860. The third-order valence-electron chi connectivity index (χ3n) is 10.2. The van der Waals surface area contributed by atoms with Gasteiger partial charge in [0, 0.05) is 5.39 Å². The lowest BCUT2D eigenvalue weighted by Crippen LogP contribution is -2.48. The highest BCUT2D eigenvalue weighted by Gasteiger charge is 2.38. The van der Waals surface area contributed by atoms with Crippen molar-refractivity contribution < 1.29 is 23.7 Å². The molecule has 3 unspecified atom stereocenters. The highest BCUT2D eigenvalue weighted by molar-refractivity contribution is 6.09. The number of allylic oxidation sites excluding steroid dienone is 1. The van der Waals surface area contributed by atoms with Crippen molar-refractivity contribution in [3.05, 3.63) is 93.7 Å². The van der Waals surface area contributed by atoms with Gasteiger partial charge in [0.15, 0.2) is 11.5 Å². The van der Waals surface area contributed by atoms with E-state index in [0.29, 0.717) is 30.4 Å². The van der Waals surface area contributed by atoms with Gasteiger partial charge < -0.3 is 23.8 Å². The average molecular weight is 649 g/mol. The Balaban J connectivity index is 1.52. The van der Waals surface area contributed by atoms with E-state index in [-0.39, 0.29) is 29.4 Å². The predicted molar refractivity (Wildman–Crippen MR) is 192 cm³/mol. The molecule has 0 bridgehead atoms. The molecule has 2 aliphatic rings. The number of aryl methyl sites for hydroxylation is 2. The maximum atomic E-state index is 15.1. The van der Waals surface area contributed by atoms with Crippen molar-refractivity contribution in [2.24, 2.45) is 11.3 Å². The highest BCUT2D eigenvalue weighted by Crippen LogP contribution is 2.46. The van der Waals surface area contributed by atoms with Crippen molar-refractivity contribution in [2.45, 2.75) is 66.5 Å². The first kappa shape index (κ1) is 33.5. The first-order valence-electron chi connectivity index (χ1n) is 16.9. The van der Waals surface area contributed by atoms with E-state index in [9.17, 15) is 0 Å². The van der Waals surface area contributed by atoms with Crippen LogP contribution in [0.5, 0.6) is 17.2 Å². The Kier molecular flexibility index (Phi) is 9.27. The lowest BCUT2D eigenvalue weighted by molar-refractivity contribution is -0.0489. The predicted octanol–water partition coefficient (Wildman–Crippen LogP) is 8.63. The van der Waals surface area contributed by atoms with E-state index in [1.54, 1.807) is 21.3 Å². The van der Waals surface area contributed by atoms with Crippen LogP contribution in [0.1, 0.15) is 84.1 Å². The lowest BCUT2D eigenvalue weighted by atomic mass is 9.68. The molecule has 0 N–H and O–H groups in total. The second-order valence-corrected chi connectivity index (χ2v) is 14.4. The standard InChI is InChI=1S/C41H48N2O5/c1-24-14-15-25(2)31(16-24)36-22-43(26(3)23-48-36)40(44)37-30-12-10-11-13-33(30)42-38-28(20-29(21-32(37)38)41(4,5)6)17-27-18-34(45-7)39(47-9)35(19-27)46-8/h10-19,26,29,36H,20-23H2,1-9H3/b28-17-. The minimum atomic E-state index is -0.188. The smallest absolute Gasteiger partial charge is 0.255 e. The number of hydrogen-bond acceptors (Lipinski definition) is 6. The molecule has 4 aromatic rings. The molecule has 0 spiro atoms. The van der Waals surface area contributed by atoms with E-state index in [1.165, 1.54) is 11.1 Å². The van der Waals surface area contributed by atoms with Gasteiger partial charge in [0.05, 0.1) is 57.3 Å². The summed E-state index contributed by atoms with van der Waals surface area (Å²) in [6, 6.07) is 18.4. The van der Waals surface area contributed by atoms with E-state index < -0.39 is 0 Å². The molecule has 1 fully saturated rings. The van der Waals surface area contributed by atoms with Crippen molar-refractivity contribution in [1.82, 2.24) is 9.88 Å². The molecule has 0 saturated carbocycles. The fourth-order valence-corrected chi connectivity index (χ4v) is 7.24. The van der Waals surface area contributed by atoms with E-state index in [2.05, 4.69) is 65.8 Å².